The fourth-order valence-electron chi connectivity index (χ4n) is 2.59. The van der Waals surface area contributed by atoms with Crippen LogP contribution in [-0.2, 0) is 14.2 Å². The van der Waals surface area contributed by atoms with Gasteiger partial charge in [-0.3, -0.25) is 4.74 Å². The normalized spacial score (nSPS) is 48.6. The van der Waals surface area contributed by atoms with Gasteiger partial charge in [-0.15, -0.1) is 0 Å². The van der Waals surface area contributed by atoms with Crippen molar-refractivity contribution < 1.29 is 60.2 Å². The minimum Gasteiger partial charge on any atom is -0.394 e. The van der Waals surface area contributed by atoms with Crippen molar-refractivity contribution in [2.75, 3.05) is 13.2 Å². The van der Waals surface area contributed by atoms with E-state index in [1.807, 2.05) is 0 Å². The third-order valence-electron chi connectivity index (χ3n) is 4.01. The summed E-state index contributed by atoms with van der Waals surface area (Å²) in [4.78, 5) is 0. The maximum atomic E-state index is 10.2. The molecule has 2 fully saturated rings. The number of hydrogen-bond donors (Lipinski definition) is 9. The van der Waals surface area contributed by atoms with Gasteiger partial charge >= 0.3 is 5.97 Å². The molecule has 2 aliphatic rings. The molecular formula is C12H22O12. The van der Waals surface area contributed by atoms with E-state index in [0.29, 0.717) is 0 Å². The molecule has 2 rings (SSSR count). The zero-order valence-corrected chi connectivity index (χ0v) is 12.4. The molecule has 2 saturated heterocycles. The lowest BCUT2D eigenvalue weighted by Gasteiger charge is -2.30. The van der Waals surface area contributed by atoms with Crippen molar-refractivity contribution in [3.8, 4) is 0 Å². The van der Waals surface area contributed by atoms with Gasteiger partial charge in [-0.1, -0.05) is 0 Å². The number of hydrogen-bond acceptors (Lipinski definition) is 12. The molecule has 142 valence electrons. The van der Waals surface area contributed by atoms with E-state index in [0.717, 1.165) is 0 Å². The molecule has 10 atom stereocenters. The van der Waals surface area contributed by atoms with Gasteiger partial charge in [-0.05, 0) is 0 Å². The second kappa shape index (κ2) is 7.41. The van der Waals surface area contributed by atoms with Gasteiger partial charge in [0.2, 0.25) is 0 Å². The molecule has 2 aliphatic heterocycles. The maximum Gasteiger partial charge on any atom is 0.313 e. The van der Waals surface area contributed by atoms with Crippen LogP contribution in [0.1, 0.15) is 0 Å². The fraction of sp³-hybridized carbons (Fsp3) is 1.00. The van der Waals surface area contributed by atoms with Crippen molar-refractivity contribution in [3.63, 3.8) is 0 Å². The molecule has 9 N–H and O–H groups in total. The van der Waals surface area contributed by atoms with Crippen LogP contribution in [0.2, 0.25) is 0 Å². The molecular weight excluding hydrogens is 336 g/mol. The molecule has 0 aliphatic carbocycles. The van der Waals surface area contributed by atoms with Gasteiger partial charge in [0, 0.05) is 0 Å². The first-order chi connectivity index (χ1) is 11.2. The SMILES string of the molecule is OC[C@H](O)[C@@H]1OC(O)(O[C@H]2O[C@@H]([C@@H](O)CO)[C@@H](O)[C@@H]2O)[C@@H](O)[C@@H]1O. The van der Waals surface area contributed by atoms with Crippen molar-refractivity contribution in [1.82, 2.24) is 0 Å². The Morgan fingerprint density at radius 1 is 0.875 bits per heavy atom. The number of rotatable bonds is 6. The first-order valence-corrected chi connectivity index (χ1v) is 7.19. The summed E-state index contributed by atoms with van der Waals surface area (Å²) in [5.41, 5.74) is 0. The Labute approximate surface area is 135 Å². The largest absolute Gasteiger partial charge is 0.394 e. The highest BCUT2D eigenvalue weighted by Gasteiger charge is 2.60. The van der Waals surface area contributed by atoms with E-state index in [9.17, 15) is 35.7 Å². The first kappa shape index (κ1) is 19.8. The van der Waals surface area contributed by atoms with Crippen molar-refractivity contribution in [1.29, 1.82) is 0 Å². The van der Waals surface area contributed by atoms with Crippen LogP contribution in [0, 0.1) is 0 Å². The summed E-state index contributed by atoms with van der Waals surface area (Å²) in [6.07, 6.45) is -15.4. The van der Waals surface area contributed by atoms with Gasteiger partial charge in [-0.25, -0.2) is 0 Å². The highest BCUT2D eigenvalue weighted by Crippen LogP contribution is 2.36. The summed E-state index contributed by atoms with van der Waals surface area (Å²) in [6.45, 7) is -1.62. The maximum absolute atomic E-state index is 10.2. The summed E-state index contributed by atoms with van der Waals surface area (Å²) in [5, 5.41) is 86.0. The molecule has 0 aromatic heterocycles. The van der Waals surface area contributed by atoms with Crippen LogP contribution >= 0.6 is 0 Å². The van der Waals surface area contributed by atoms with E-state index in [1.165, 1.54) is 0 Å². The van der Waals surface area contributed by atoms with Crippen molar-refractivity contribution in [2.45, 2.75) is 61.1 Å². The Hall–Kier alpha value is -0.480. The quantitative estimate of drug-likeness (QED) is 0.203. The molecule has 0 aromatic carbocycles. The predicted octanol–water partition coefficient (Wildman–Crippen LogP) is -6.08. The molecule has 2 heterocycles. The lowest BCUT2D eigenvalue weighted by molar-refractivity contribution is -0.422. The van der Waals surface area contributed by atoms with Crippen LogP contribution < -0.4 is 0 Å². The van der Waals surface area contributed by atoms with Gasteiger partial charge in [0.15, 0.2) is 12.4 Å². The van der Waals surface area contributed by atoms with Gasteiger partial charge in [0.1, 0.15) is 42.7 Å². The Kier molecular flexibility index (Phi) is 6.12. The third kappa shape index (κ3) is 3.41. The minimum atomic E-state index is -2.93. The summed E-state index contributed by atoms with van der Waals surface area (Å²) < 4.78 is 14.7. The highest BCUT2D eigenvalue weighted by molar-refractivity contribution is 4.96. The lowest BCUT2D eigenvalue weighted by atomic mass is 10.1. The van der Waals surface area contributed by atoms with E-state index in [2.05, 4.69) is 0 Å². The van der Waals surface area contributed by atoms with Crippen molar-refractivity contribution in [3.05, 3.63) is 0 Å². The summed E-state index contributed by atoms with van der Waals surface area (Å²) in [7, 11) is 0. The Balaban J connectivity index is 2.09. The van der Waals surface area contributed by atoms with Gasteiger partial charge in [0.25, 0.3) is 0 Å². The average molecular weight is 358 g/mol. The number of ether oxygens (including phenoxy) is 3. The molecule has 24 heavy (non-hydrogen) atoms. The Bertz CT molecular complexity index is 423. The lowest BCUT2D eigenvalue weighted by Crippen LogP contribution is -2.50. The van der Waals surface area contributed by atoms with Crippen molar-refractivity contribution in [2.24, 2.45) is 0 Å². The van der Waals surface area contributed by atoms with Crippen LogP contribution in [0.3, 0.4) is 0 Å². The molecule has 0 bridgehead atoms. The fourth-order valence-corrected chi connectivity index (χ4v) is 2.59. The predicted molar refractivity (Wildman–Crippen MR) is 69.8 cm³/mol. The molecule has 0 radical (unpaired) electrons. The topological polar surface area (TPSA) is 210 Å². The molecule has 12 heteroatoms. The summed E-state index contributed by atoms with van der Waals surface area (Å²) in [5.74, 6) is -2.93. The van der Waals surface area contributed by atoms with E-state index in [1.54, 1.807) is 0 Å². The number of aliphatic hydroxyl groups excluding tert-OH is 8. The highest BCUT2D eigenvalue weighted by atomic mass is 16.9. The first-order valence-electron chi connectivity index (χ1n) is 7.19. The summed E-state index contributed by atoms with van der Waals surface area (Å²) >= 11 is 0. The van der Waals surface area contributed by atoms with Crippen LogP contribution in [0.25, 0.3) is 0 Å². The Morgan fingerprint density at radius 3 is 1.96 bits per heavy atom. The molecule has 1 unspecified atom stereocenters. The Morgan fingerprint density at radius 2 is 1.42 bits per heavy atom. The monoisotopic (exact) mass is 358 g/mol. The van der Waals surface area contributed by atoms with Crippen molar-refractivity contribution >= 4 is 0 Å². The van der Waals surface area contributed by atoms with E-state index < -0.39 is 74.3 Å². The van der Waals surface area contributed by atoms with Crippen LogP contribution in [0.15, 0.2) is 0 Å². The molecule has 0 amide bonds. The van der Waals surface area contributed by atoms with Gasteiger partial charge in [0.05, 0.1) is 13.2 Å². The van der Waals surface area contributed by atoms with Crippen LogP contribution in [-0.4, -0.2) is 120 Å². The zero-order chi connectivity index (χ0) is 18.2. The van der Waals surface area contributed by atoms with E-state index >= 15 is 0 Å². The minimum absolute atomic E-state index is 0.784. The molecule has 0 spiro atoms. The van der Waals surface area contributed by atoms with E-state index in [-0.39, 0.29) is 0 Å². The van der Waals surface area contributed by atoms with E-state index in [4.69, 9.17) is 24.4 Å². The number of aliphatic hydroxyl groups is 9. The zero-order valence-electron chi connectivity index (χ0n) is 12.4. The molecule has 12 nitrogen and oxygen atoms in total. The summed E-state index contributed by atoms with van der Waals surface area (Å²) in [6, 6.07) is 0. The smallest absolute Gasteiger partial charge is 0.313 e. The molecule has 0 aromatic rings. The molecule has 0 saturated carbocycles. The van der Waals surface area contributed by atoms with Gasteiger partial charge < -0.3 is 55.4 Å². The second-order valence-electron chi connectivity index (χ2n) is 5.72. The average Bonchev–Trinajstić information content (AvgIpc) is 2.96. The third-order valence-corrected chi connectivity index (χ3v) is 4.01. The second-order valence-corrected chi connectivity index (χ2v) is 5.72. The van der Waals surface area contributed by atoms with Gasteiger partial charge in [-0.2, -0.15) is 0 Å². The van der Waals surface area contributed by atoms with Crippen LogP contribution in [0.4, 0.5) is 0 Å². The van der Waals surface area contributed by atoms with Crippen LogP contribution in [0.5, 0.6) is 0 Å². The standard InChI is InChI=1S/C12H22O12/c13-1-3(15)8-5(17)6(18)11(22-8)24-12(21)10(20)7(19)9(23-12)4(16)2-14/h3-11,13-21H,1-2H2/t3-,4-,5-,6-,7+,8-,9-,10-,11+,12?/m0/s1.